The molecule has 3 aromatic carbocycles. The first kappa shape index (κ1) is 23.9. The third-order valence-corrected chi connectivity index (χ3v) is 5.32. The summed E-state index contributed by atoms with van der Waals surface area (Å²) < 4.78 is 11.2. The van der Waals surface area contributed by atoms with Gasteiger partial charge >= 0.3 is 11.9 Å². The van der Waals surface area contributed by atoms with Crippen molar-refractivity contribution in [2.45, 2.75) is 19.0 Å². The molecule has 35 heavy (non-hydrogen) atoms. The lowest BCUT2D eigenvalue weighted by atomic mass is 10.1. The van der Waals surface area contributed by atoms with E-state index in [0.29, 0.717) is 39.2 Å². The molecular formula is C25H20ClN3O6. The Morgan fingerprint density at radius 2 is 1.71 bits per heavy atom. The monoisotopic (exact) mass is 493 g/mol. The molecule has 1 atom stereocenters. The Morgan fingerprint density at radius 3 is 2.37 bits per heavy atom. The van der Waals surface area contributed by atoms with E-state index >= 15 is 0 Å². The molecule has 0 radical (unpaired) electrons. The van der Waals surface area contributed by atoms with Gasteiger partial charge in [0, 0.05) is 17.7 Å². The van der Waals surface area contributed by atoms with Crippen molar-refractivity contribution in [2.24, 2.45) is 0 Å². The average molecular weight is 494 g/mol. The number of rotatable bonds is 10. The Kier molecular flexibility index (Phi) is 7.39. The Hall–Kier alpha value is -4.21. The van der Waals surface area contributed by atoms with Crippen molar-refractivity contribution < 1.29 is 29.1 Å². The smallest absolute Gasteiger partial charge is 0.321 e. The van der Waals surface area contributed by atoms with Gasteiger partial charge in [0.15, 0.2) is 0 Å². The van der Waals surface area contributed by atoms with E-state index in [0.717, 1.165) is 5.75 Å². The predicted octanol–water partition coefficient (Wildman–Crippen LogP) is 4.87. The third kappa shape index (κ3) is 6.23. The number of aliphatic carboxylic acids is 2. The van der Waals surface area contributed by atoms with E-state index < -0.39 is 24.4 Å². The highest BCUT2D eigenvalue weighted by Gasteiger charge is 2.20. The number of hydrogen-bond donors (Lipinski definition) is 3. The summed E-state index contributed by atoms with van der Waals surface area (Å²) in [6.45, 7) is 0.124. The van der Waals surface area contributed by atoms with Crippen molar-refractivity contribution in [1.82, 2.24) is 15.5 Å². The van der Waals surface area contributed by atoms with E-state index in [4.69, 9.17) is 31.1 Å². The summed E-state index contributed by atoms with van der Waals surface area (Å²) in [6, 6.07) is 20.5. The highest BCUT2D eigenvalue weighted by Crippen LogP contribution is 2.30. The molecular weight excluding hydrogens is 474 g/mol. The van der Waals surface area contributed by atoms with E-state index in [1.54, 1.807) is 30.3 Å². The number of carboxylic acids is 2. The Morgan fingerprint density at radius 1 is 1.00 bits per heavy atom. The number of benzene rings is 3. The lowest BCUT2D eigenvalue weighted by Crippen LogP contribution is -2.38. The molecule has 0 aliphatic carbocycles. The molecule has 4 aromatic rings. The normalized spacial score (nSPS) is 11.7. The van der Waals surface area contributed by atoms with Crippen molar-refractivity contribution in [3.05, 3.63) is 83.4 Å². The Balaban J connectivity index is 1.43. The molecule has 0 aliphatic heterocycles. The quantitative estimate of drug-likeness (QED) is 0.283. The van der Waals surface area contributed by atoms with Crippen LogP contribution in [0.15, 0.2) is 77.3 Å². The minimum atomic E-state index is -1.24. The van der Waals surface area contributed by atoms with Gasteiger partial charge in [0.2, 0.25) is 5.82 Å². The van der Waals surface area contributed by atoms with Gasteiger partial charge < -0.3 is 19.5 Å². The number of aromatic nitrogens is 2. The fourth-order valence-electron chi connectivity index (χ4n) is 3.25. The molecule has 1 unspecified atom stereocenters. The summed E-state index contributed by atoms with van der Waals surface area (Å²) >= 11 is 6.40. The van der Waals surface area contributed by atoms with E-state index in [1.807, 2.05) is 42.5 Å². The van der Waals surface area contributed by atoms with Gasteiger partial charge in [-0.3, -0.25) is 14.9 Å². The molecule has 3 N–H and O–H groups in total. The van der Waals surface area contributed by atoms with Crippen LogP contribution in [0.25, 0.3) is 22.8 Å². The largest absolute Gasteiger partial charge is 0.481 e. The first-order chi connectivity index (χ1) is 16.9. The number of nitrogens with one attached hydrogen (secondary N) is 1. The van der Waals surface area contributed by atoms with Crippen molar-refractivity contribution >= 4 is 23.5 Å². The summed E-state index contributed by atoms with van der Waals surface area (Å²) in [4.78, 5) is 26.4. The van der Waals surface area contributed by atoms with Crippen LogP contribution in [0, 0.1) is 0 Å². The van der Waals surface area contributed by atoms with Crippen LogP contribution in [0.3, 0.4) is 0 Å². The van der Waals surface area contributed by atoms with Crippen LogP contribution in [0.5, 0.6) is 11.5 Å². The van der Waals surface area contributed by atoms with Crippen LogP contribution in [-0.2, 0) is 16.1 Å². The molecule has 9 nitrogen and oxygen atoms in total. The zero-order chi connectivity index (χ0) is 24.8. The summed E-state index contributed by atoms with van der Waals surface area (Å²) in [6.07, 6.45) is -0.536. The lowest BCUT2D eigenvalue weighted by Gasteiger charge is -2.12. The zero-order valence-electron chi connectivity index (χ0n) is 18.2. The first-order valence-corrected chi connectivity index (χ1v) is 10.9. The van der Waals surface area contributed by atoms with Crippen LogP contribution >= 0.6 is 11.6 Å². The van der Waals surface area contributed by atoms with Gasteiger partial charge in [-0.2, -0.15) is 4.98 Å². The molecule has 0 saturated heterocycles. The highest BCUT2D eigenvalue weighted by atomic mass is 35.5. The minimum absolute atomic E-state index is 0.124. The summed E-state index contributed by atoms with van der Waals surface area (Å²) in [5.74, 6) is -0.442. The summed E-state index contributed by atoms with van der Waals surface area (Å²) in [7, 11) is 0. The molecule has 1 aromatic heterocycles. The Labute approximate surface area is 204 Å². The van der Waals surface area contributed by atoms with Crippen molar-refractivity contribution in [3.8, 4) is 34.3 Å². The number of para-hydroxylation sites is 1. The average Bonchev–Trinajstić information content (AvgIpc) is 3.32. The highest BCUT2D eigenvalue weighted by molar-refractivity contribution is 6.33. The van der Waals surface area contributed by atoms with Crippen LogP contribution in [0.1, 0.15) is 12.0 Å². The van der Waals surface area contributed by atoms with Crippen LogP contribution in [0.2, 0.25) is 5.02 Å². The fourth-order valence-corrected chi connectivity index (χ4v) is 3.54. The lowest BCUT2D eigenvalue weighted by molar-refractivity contribution is -0.146. The predicted molar refractivity (Wildman–Crippen MR) is 127 cm³/mol. The van der Waals surface area contributed by atoms with Crippen molar-refractivity contribution in [2.75, 3.05) is 0 Å². The van der Waals surface area contributed by atoms with Gasteiger partial charge in [0.25, 0.3) is 5.89 Å². The fraction of sp³-hybridized carbons (Fsp3) is 0.120. The van der Waals surface area contributed by atoms with Crippen LogP contribution < -0.4 is 10.1 Å². The van der Waals surface area contributed by atoms with Gasteiger partial charge in [0.05, 0.1) is 11.4 Å². The topological polar surface area (TPSA) is 135 Å². The first-order valence-electron chi connectivity index (χ1n) is 10.5. The molecule has 4 rings (SSSR count). The van der Waals surface area contributed by atoms with Crippen molar-refractivity contribution in [3.63, 3.8) is 0 Å². The standard InChI is InChI=1S/C25H20ClN3O6/c26-20-12-15(14-27-21(25(32)33)13-22(30)31)6-11-19(20)23-28-24(35-29-23)16-7-9-18(10-8-16)34-17-4-2-1-3-5-17/h1-12,21,27H,13-14H2,(H,30,31)(H,32,33). The maximum atomic E-state index is 11.2. The summed E-state index contributed by atoms with van der Waals surface area (Å²) in [5, 5.41) is 25.0. The van der Waals surface area contributed by atoms with E-state index in [9.17, 15) is 9.59 Å². The second-order valence-electron chi connectivity index (χ2n) is 7.55. The van der Waals surface area contributed by atoms with Gasteiger partial charge in [-0.25, -0.2) is 0 Å². The minimum Gasteiger partial charge on any atom is -0.481 e. The van der Waals surface area contributed by atoms with E-state index in [-0.39, 0.29) is 6.54 Å². The van der Waals surface area contributed by atoms with Gasteiger partial charge in [-0.1, -0.05) is 41.0 Å². The van der Waals surface area contributed by atoms with Gasteiger partial charge in [0.1, 0.15) is 17.5 Å². The molecule has 10 heteroatoms. The van der Waals surface area contributed by atoms with Crippen molar-refractivity contribution in [1.29, 1.82) is 0 Å². The van der Waals surface area contributed by atoms with Gasteiger partial charge in [-0.15, -0.1) is 0 Å². The Bertz CT molecular complexity index is 1320. The second-order valence-corrected chi connectivity index (χ2v) is 7.95. The SMILES string of the molecule is O=C(O)CC(NCc1ccc(-c2noc(-c3ccc(Oc4ccccc4)cc3)n2)c(Cl)c1)C(=O)O. The number of halogens is 1. The number of nitrogens with zero attached hydrogens (tertiary/aromatic N) is 2. The molecule has 178 valence electrons. The van der Waals surface area contributed by atoms with Crippen LogP contribution in [-0.4, -0.2) is 38.3 Å². The molecule has 0 saturated carbocycles. The maximum Gasteiger partial charge on any atom is 0.321 e. The zero-order valence-corrected chi connectivity index (χ0v) is 19.0. The number of carbonyl (C=O) groups is 2. The van der Waals surface area contributed by atoms with Crippen LogP contribution in [0.4, 0.5) is 0 Å². The maximum absolute atomic E-state index is 11.2. The third-order valence-electron chi connectivity index (χ3n) is 5.01. The molecule has 0 amide bonds. The summed E-state index contributed by atoms with van der Waals surface area (Å²) in [5.41, 5.74) is 1.92. The van der Waals surface area contributed by atoms with E-state index in [2.05, 4.69) is 15.5 Å². The second kappa shape index (κ2) is 10.8. The number of ether oxygens (including phenoxy) is 1. The van der Waals surface area contributed by atoms with E-state index in [1.165, 1.54) is 0 Å². The molecule has 0 bridgehead atoms. The van der Waals surface area contributed by atoms with Gasteiger partial charge in [-0.05, 0) is 54.1 Å². The molecule has 0 fully saturated rings. The molecule has 0 aliphatic rings. The number of hydrogen-bond acceptors (Lipinski definition) is 7. The number of carboxylic acid groups (broad SMARTS) is 2. The molecule has 1 heterocycles. The molecule has 0 spiro atoms.